The monoisotopic (exact) mass is 282 g/mol. The van der Waals surface area contributed by atoms with Crippen LogP contribution in [-0.2, 0) is 11.2 Å². The minimum absolute atomic E-state index is 0.0691. The van der Waals surface area contributed by atoms with E-state index in [0.29, 0.717) is 31.6 Å². The molecule has 0 bridgehead atoms. The van der Waals surface area contributed by atoms with Gasteiger partial charge < -0.3 is 15.3 Å². The lowest BCUT2D eigenvalue weighted by molar-refractivity contribution is -0.134. The molecule has 1 aromatic heterocycles. The van der Waals surface area contributed by atoms with Crippen LogP contribution in [0.5, 0.6) is 0 Å². The molecule has 1 amide bonds. The fraction of sp³-hybridized carbons (Fsp3) is 0.615. The third kappa shape index (κ3) is 3.04. The van der Waals surface area contributed by atoms with Gasteiger partial charge in [0.2, 0.25) is 5.91 Å². The van der Waals surface area contributed by atoms with E-state index >= 15 is 0 Å². The molecule has 1 aliphatic rings. The molecule has 110 valence electrons. The van der Waals surface area contributed by atoms with Crippen LogP contribution in [0.3, 0.4) is 0 Å². The molecule has 0 radical (unpaired) electrons. The topological polar surface area (TPSA) is 78.3 Å². The molecule has 0 unspecified atom stereocenters. The van der Waals surface area contributed by atoms with Gasteiger partial charge in [-0.25, -0.2) is 14.4 Å². The average molecular weight is 282 g/mol. The van der Waals surface area contributed by atoms with Gasteiger partial charge in [0.05, 0.1) is 12.3 Å². The number of aromatic nitrogens is 2. The van der Waals surface area contributed by atoms with E-state index in [4.69, 9.17) is 5.11 Å². The Labute approximate surface area is 117 Å². The maximum atomic E-state index is 14.0. The first-order valence-electron chi connectivity index (χ1n) is 6.83. The van der Waals surface area contributed by atoms with Crippen molar-refractivity contribution in [3.63, 3.8) is 0 Å². The summed E-state index contributed by atoms with van der Waals surface area (Å²) in [5.41, 5.74) is 0.331. The van der Waals surface area contributed by atoms with Crippen LogP contribution in [0.1, 0.15) is 25.5 Å². The van der Waals surface area contributed by atoms with Gasteiger partial charge in [0.25, 0.3) is 0 Å². The largest absolute Gasteiger partial charge is 0.395 e. The van der Waals surface area contributed by atoms with Crippen molar-refractivity contribution in [2.45, 2.75) is 32.2 Å². The summed E-state index contributed by atoms with van der Waals surface area (Å²) >= 11 is 0. The Morgan fingerprint density at radius 2 is 2.35 bits per heavy atom. The predicted octanol–water partition coefficient (Wildman–Crippen LogP) is 0.573. The fourth-order valence-corrected chi connectivity index (χ4v) is 2.34. The molecule has 1 saturated heterocycles. The van der Waals surface area contributed by atoms with Crippen LogP contribution >= 0.6 is 0 Å². The number of anilines is 1. The van der Waals surface area contributed by atoms with Gasteiger partial charge >= 0.3 is 0 Å². The number of hydrogen-bond donors (Lipinski definition) is 2. The van der Waals surface area contributed by atoms with Gasteiger partial charge in [-0.1, -0.05) is 6.92 Å². The van der Waals surface area contributed by atoms with Crippen LogP contribution in [0, 0.1) is 5.82 Å². The molecule has 2 rings (SSSR count). The number of hydrogen-bond acceptors (Lipinski definition) is 5. The van der Waals surface area contributed by atoms with E-state index in [1.54, 1.807) is 4.90 Å². The lowest BCUT2D eigenvalue weighted by Crippen LogP contribution is -2.48. The van der Waals surface area contributed by atoms with Crippen molar-refractivity contribution in [3.8, 4) is 0 Å². The standard InChI is InChI=1S/C13H19FN4O2/c1-2-9-11(14)12(16-8-15-9)17-10-4-3-5-18(6-7-19)13(10)20/h8,10,19H,2-7H2,1H3,(H,15,16,17)/t10-/m0/s1. The molecule has 0 aromatic carbocycles. The Bertz CT molecular complexity index is 481. The maximum absolute atomic E-state index is 14.0. The van der Waals surface area contributed by atoms with Gasteiger partial charge in [-0.2, -0.15) is 0 Å². The smallest absolute Gasteiger partial charge is 0.245 e. The highest BCUT2D eigenvalue weighted by molar-refractivity contribution is 5.85. The number of rotatable bonds is 5. The molecular weight excluding hydrogens is 263 g/mol. The van der Waals surface area contributed by atoms with Crippen LogP contribution in [0.4, 0.5) is 10.2 Å². The highest BCUT2D eigenvalue weighted by Crippen LogP contribution is 2.19. The van der Waals surface area contributed by atoms with Gasteiger partial charge in [0, 0.05) is 13.1 Å². The van der Waals surface area contributed by atoms with Crippen LogP contribution in [0.15, 0.2) is 6.33 Å². The number of aryl methyl sites for hydroxylation is 1. The summed E-state index contributed by atoms with van der Waals surface area (Å²) in [6.07, 6.45) is 3.21. The highest BCUT2D eigenvalue weighted by atomic mass is 19.1. The molecule has 20 heavy (non-hydrogen) atoms. The third-order valence-corrected chi connectivity index (χ3v) is 3.41. The minimum atomic E-state index is -0.498. The second kappa shape index (κ2) is 6.60. The number of amides is 1. The number of carbonyl (C=O) groups excluding carboxylic acids is 1. The minimum Gasteiger partial charge on any atom is -0.395 e. The zero-order valence-electron chi connectivity index (χ0n) is 11.5. The number of nitrogens with one attached hydrogen (secondary N) is 1. The Morgan fingerprint density at radius 1 is 1.55 bits per heavy atom. The summed E-state index contributed by atoms with van der Waals surface area (Å²) in [5.74, 6) is -0.551. The third-order valence-electron chi connectivity index (χ3n) is 3.41. The van der Waals surface area contributed by atoms with Crippen LogP contribution in [0.25, 0.3) is 0 Å². The molecular formula is C13H19FN4O2. The molecule has 1 atom stereocenters. The maximum Gasteiger partial charge on any atom is 0.245 e. The molecule has 0 aliphatic carbocycles. The molecule has 0 saturated carbocycles. The van der Waals surface area contributed by atoms with E-state index in [0.717, 1.165) is 6.42 Å². The zero-order chi connectivity index (χ0) is 14.5. The van der Waals surface area contributed by atoms with E-state index in [9.17, 15) is 9.18 Å². The SMILES string of the molecule is CCc1ncnc(N[C@H]2CCCN(CCO)C2=O)c1F. The van der Waals surface area contributed by atoms with Crippen molar-refractivity contribution in [2.24, 2.45) is 0 Å². The number of carbonyl (C=O) groups is 1. The molecule has 1 aromatic rings. The number of piperidine rings is 1. The summed E-state index contributed by atoms with van der Waals surface area (Å²) in [5, 5.41) is 11.8. The van der Waals surface area contributed by atoms with Crippen molar-refractivity contribution in [1.82, 2.24) is 14.9 Å². The second-order valence-corrected chi connectivity index (χ2v) is 4.72. The number of aliphatic hydroxyl groups excluding tert-OH is 1. The van der Waals surface area contributed by atoms with E-state index in [-0.39, 0.29) is 18.3 Å². The molecule has 2 N–H and O–H groups in total. The van der Waals surface area contributed by atoms with Crippen molar-refractivity contribution < 1.29 is 14.3 Å². The summed E-state index contributed by atoms with van der Waals surface area (Å²) < 4.78 is 14.0. The van der Waals surface area contributed by atoms with Crippen LogP contribution in [0.2, 0.25) is 0 Å². The average Bonchev–Trinajstić information content (AvgIpc) is 2.45. The second-order valence-electron chi connectivity index (χ2n) is 4.72. The fourth-order valence-electron chi connectivity index (χ4n) is 2.34. The molecule has 7 heteroatoms. The van der Waals surface area contributed by atoms with Gasteiger partial charge in [-0.05, 0) is 19.3 Å². The molecule has 0 spiro atoms. The van der Waals surface area contributed by atoms with E-state index in [1.807, 2.05) is 6.92 Å². The van der Waals surface area contributed by atoms with E-state index in [2.05, 4.69) is 15.3 Å². The molecule has 2 heterocycles. The molecule has 1 fully saturated rings. The quantitative estimate of drug-likeness (QED) is 0.825. The molecule has 6 nitrogen and oxygen atoms in total. The van der Waals surface area contributed by atoms with E-state index in [1.165, 1.54) is 6.33 Å². The zero-order valence-corrected chi connectivity index (χ0v) is 11.5. The highest BCUT2D eigenvalue weighted by Gasteiger charge is 2.29. The van der Waals surface area contributed by atoms with Crippen molar-refractivity contribution in [1.29, 1.82) is 0 Å². The summed E-state index contributed by atoms with van der Waals surface area (Å²) in [6.45, 7) is 2.68. The van der Waals surface area contributed by atoms with Crippen LogP contribution < -0.4 is 5.32 Å². The van der Waals surface area contributed by atoms with Crippen molar-refractivity contribution >= 4 is 11.7 Å². The first-order valence-corrected chi connectivity index (χ1v) is 6.83. The Balaban J connectivity index is 2.11. The summed E-state index contributed by atoms with van der Waals surface area (Å²) in [6, 6.07) is -0.496. The number of aliphatic hydroxyl groups is 1. The van der Waals surface area contributed by atoms with Crippen molar-refractivity contribution in [3.05, 3.63) is 17.8 Å². The summed E-state index contributed by atoms with van der Waals surface area (Å²) in [7, 11) is 0. The van der Waals surface area contributed by atoms with E-state index < -0.39 is 11.9 Å². The Morgan fingerprint density at radius 3 is 3.05 bits per heavy atom. The lowest BCUT2D eigenvalue weighted by Gasteiger charge is -2.32. The van der Waals surface area contributed by atoms with Crippen molar-refractivity contribution in [2.75, 3.05) is 25.0 Å². The number of nitrogens with zero attached hydrogens (tertiary/aromatic N) is 3. The first-order chi connectivity index (χ1) is 9.67. The lowest BCUT2D eigenvalue weighted by atomic mass is 10.0. The Hall–Kier alpha value is -1.76. The van der Waals surface area contributed by atoms with Gasteiger partial charge in [-0.15, -0.1) is 0 Å². The predicted molar refractivity (Wildman–Crippen MR) is 71.7 cm³/mol. The van der Waals surface area contributed by atoms with Gasteiger partial charge in [0.1, 0.15) is 12.4 Å². The Kier molecular flexibility index (Phi) is 4.84. The van der Waals surface area contributed by atoms with Crippen LogP contribution in [-0.4, -0.2) is 51.6 Å². The summed E-state index contributed by atoms with van der Waals surface area (Å²) in [4.78, 5) is 21.5. The number of β-amino-alcohol motifs (C(OH)–C–C–N with tert-alkyl or cyclic N) is 1. The van der Waals surface area contributed by atoms with Gasteiger partial charge in [-0.3, -0.25) is 4.79 Å². The number of likely N-dealkylation sites (tertiary alicyclic amines) is 1. The molecule has 1 aliphatic heterocycles. The normalized spacial score (nSPS) is 19.2. The first kappa shape index (κ1) is 14.6. The van der Waals surface area contributed by atoms with Gasteiger partial charge in [0.15, 0.2) is 11.6 Å². The number of halogens is 1.